The van der Waals surface area contributed by atoms with Crippen molar-refractivity contribution in [3.63, 3.8) is 0 Å². The van der Waals surface area contributed by atoms with Gasteiger partial charge in [-0.25, -0.2) is 0 Å². The maximum Gasteiger partial charge on any atom is 0.0484 e. The third kappa shape index (κ3) is 1.24. The van der Waals surface area contributed by atoms with Crippen molar-refractivity contribution in [3.8, 4) is 0 Å². The molecule has 0 N–H and O–H groups in total. The molecule has 0 spiro atoms. The molecule has 2 aromatic rings. The molecule has 0 unspecified atom stereocenters. The van der Waals surface area contributed by atoms with Crippen molar-refractivity contribution in [2.45, 2.75) is 26.7 Å². The maximum absolute atomic E-state index is 2.24. The van der Waals surface area contributed by atoms with Gasteiger partial charge >= 0.3 is 0 Å². The average Bonchev–Trinajstić information content (AvgIpc) is 2.55. The van der Waals surface area contributed by atoms with Gasteiger partial charge in [-0.3, -0.25) is 0 Å². The Labute approximate surface area is 79.0 Å². The molecule has 0 amide bonds. The summed E-state index contributed by atoms with van der Waals surface area (Å²) in [5.74, 6) is 0. The minimum Gasteiger partial charge on any atom is -0.323 e. The normalized spacial score (nSPS) is 10.9. The fourth-order valence-corrected chi connectivity index (χ4v) is 1.95. The standard InChI is InChI=1S/C12H15N/c1-3-10-9-13-8-6-5-7-12(13)11(10)4-2/h5-9H,3-4H2,1-2H3. The molecule has 2 rings (SSSR count). The number of hydrogen-bond donors (Lipinski definition) is 0. The van der Waals surface area contributed by atoms with E-state index in [-0.39, 0.29) is 0 Å². The van der Waals surface area contributed by atoms with Gasteiger partial charge in [0, 0.05) is 17.9 Å². The van der Waals surface area contributed by atoms with E-state index in [1.807, 2.05) is 0 Å². The monoisotopic (exact) mass is 173 g/mol. The molecule has 0 aliphatic heterocycles. The van der Waals surface area contributed by atoms with Gasteiger partial charge in [-0.2, -0.15) is 0 Å². The van der Waals surface area contributed by atoms with Gasteiger partial charge in [-0.15, -0.1) is 0 Å². The van der Waals surface area contributed by atoms with Crippen molar-refractivity contribution in [3.05, 3.63) is 41.7 Å². The van der Waals surface area contributed by atoms with Crippen LogP contribution in [-0.2, 0) is 12.8 Å². The van der Waals surface area contributed by atoms with Crippen LogP contribution in [0.15, 0.2) is 30.6 Å². The van der Waals surface area contributed by atoms with E-state index in [1.54, 1.807) is 0 Å². The summed E-state index contributed by atoms with van der Waals surface area (Å²) < 4.78 is 2.22. The first-order valence-corrected chi connectivity index (χ1v) is 4.94. The van der Waals surface area contributed by atoms with Crippen molar-refractivity contribution in [2.24, 2.45) is 0 Å². The molecule has 0 bridgehead atoms. The molecule has 0 aliphatic rings. The lowest BCUT2D eigenvalue weighted by atomic mass is 10.1. The molecule has 0 aromatic carbocycles. The van der Waals surface area contributed by atoms with E-state index in [2.05, 4.69) is 48.8 Å². The zero-order valence-corrected chi connectivity index (χ0v) is 8.25. The summed E-state index contributed by atoms with van der Waals surface area (Å²) in [4.78, 5) is 0. The van der Waals surface area contributed by atoms with Crippen molar-refractivity contribution >= 4 is 5.52 Å². The van der Waals surface area contributed by atoms with Gasteiger partial charge in [0.05, 0.1) is 0 Å². The smallest absolute Gasteiger partial charge is 0.0484 e. The second-order valence-electron chi connectivity index (χ2n) is 3.33. The summed E-state index contributed by atoms with van der Waals surface area (Å²) in [6, 6.07) is 6.37. The van der Waals surface area contributed by atoms with Crippen LogP contribution < -0.4 is 0 Å². The summed E-state index contributed by atoms with van der Waals surface area (Å²) >= 11 is 0. The SMILES string of the molecule is CCc1cn2ccccc2c1CC. The van der Waals surface area contributed by atoms with Crippen LogP contribution in [0.1, 0.15) is 25.0 Å². The number of nitrogens with zero attached hydrogens (tertiary/aromatic N) is 1. The molecule has 0 atom stereocenters. The fourth-order valence-electron chi connectivity index (χ4n) is 1.95. The molecule has 2 aromatic heterocycles. The first kappa shape index (κ1) is 8.36. The summed E-state index contributed by atoms with van der Waals surface area (Å²) in [7, 11) is 0. The largest absolute Gasteiger partial charge is 0.323 e. The minimum atomic E-state index is 1.13. The third-order valence-electron chi connectivity index (χ3n) is 2.62. The van der Waals surface area contributed by atoms with Crippen LogP contribution in [0.4, 0.5) is 0 Å². The quantitative estimate of drug-likeness (QED) is 0.657. The summed E-state index contributed by atoms with van der Waals surface area (Å²) in [6.07, 6.45) is 6.62. The van der Waals surface area contributed by atoms with Gasteiger partial charge in [-0.1, -0.05) is 19.9 Å². The molecule has 2 heterocycles. The second-order valence-corrected chi connectivity index (χ2v) is 3.33. The predicted molar refractivity (Wildman–Crippen MR) is 56.2 cm³/mol. The van der Waals surface area contributed by atoms with Crippen LogP contribution >= 0.6 is 0 Å². The Morgan fingerprint density at radius 1 is 1.15 bits per heavy atom. The maximum atomic E-state index is 2.24. The molecule has 1 nitrogen and oxygen atoms in total. The summed E-state index contributed by atoms with van der Waals surface area (Å²) in [5.41, 5.74) is 4.35. The van der Waals surface area contributed by atoms with Gasteiger partial charge < -0.3 is 4.40 Å². The first-order valence-electron chi connectivity index (χ1n) is 4.94. The lowest BCUT2D eigenvalue weighted by Crippen LogP contribution is -1.84. The Balaban J connectivity index is 2.73. The van der Waals surface area contributed by atoms with E-state index in [1.165, 1.54) is 16.6 Å². The molecular weight excluding hydrogens is 158 g/mol. The van der Waals surface area contributed by atoms with Crippen LogP contribution in [0.5, 0.6) is 0 Å². The topological polar surface area (TPSA) is 4.41 Å². The highest BCUT2D eigenvalue weighted by atomic mass is 14.9. The third-order valence-corrected chi connectivity index (χ3v) is 2.62. The van der Waals surface area contributed by atoms with Crippen LogP contribution in [0.25, 0.3) is 5.52 Å². The van der Waals surface area contributed by atoms with Gasteiger partial charge in [0.2, 0.25) is 0 Å². The van der Waals surface area contributed by atoms with E-state index in [4.69, 9.17) is 0 Å². The molecule has 0 aliphatic carbocycles. The molecule has 0 saturated carbocycles. The Hall–Kier alpha value is -1.24. The molecule has 0 saturated heterocycles. The Kier molecular flexibility index (Phi) is 2.09. The van der Waals surface area contributed by atoms with E-state index < -0.39 is 0 Å². The first-order chi connectivity index (χ1) is 6.36. The lowest BCUT2D eigenvalue weighted by Gasteiger charge is -1.97. The van der Waals surface area contributed by atoms with Gasteiger partial charge in [0.15, 0.2) is 0 Å². The minimum absolute atomic E-state index is 1.13. The van der Waals surface area contributed by atoms with Gasteiger partial charge in [0.25, 0.3) is 0 Å². The molecular formula is C12H15N. The average molecular weight is 173 g/mol. The zero-order valence-electron chi connectivity index (χ0n) is 8.25. The summed E-state index contributed by atoms with van der Waals surface area (Å²) in [5, 5.41) is 0. The van der Waals surface area contributed by atoms with Crippen molar-refractivity contribution in [1.29, 1.82) is 0 Å². The Bertz CT molecular complexity index is 412. The number of hydrogen-bond acceptors (Lipinski definition) is 0. The van der Waals surface area contributed by atoms with Gasteiger partial charge in [0.1, 0.15) is 0 Å². The number of pyridine rings is 1. The zero-order chi connectivity index (χ0) is 9.26. The van der Waals surface area contributed by atoms with Crippen molar-refractivity contribution < 1.29 is 0 Å². The van der Waals surface area contributed by atoms with Crippen molar-refractivity contribution in [2.75, 3.05) is 0 Å². The van der Waals surface area contributed by atoms with Crippen LogP contribution in [0.3, 0.4) is 0 Å². The lowest BCUT2D eigenvalue weighted by molar-refractivity contribution is 1.06. The van der Waals surface area contributed by atoms with Crippen LogP contribution in [-0.4, -0.2) is 4.40 Å². The van der Waals surface area contributed by atoms with Crippen LogP contribution in [0, 0.1) is 0 Å². The highest BCUT2D eigenvalue weighted by molar-refractivity contribution is 5.59. The number of fused-ring (bicyclic) bond motifs is 1. The van der Waals surface area contributed by atoms with E-state index in [0.29, 0.717) is 0 Å². The predicted octanol–water partition coefficient (Wildman–Crippen LogP) is 3.06. The number of rotatable bonds is 2. The molecule has 13 heavy (non-hydrogen) atoms. The molecule has 0 fully saturated rings. The number of aromatic nitrogens is 1. The van der Waals surface area contributed by atoms with Gasteiger partial charge in [-0.05, 0) is 36.1 Å². The molecule has 0 radical (unpaired) electrons. The van der Waals surface area contributed by atoms with Crippen LogP contribution in [0.2, 0.25) is 0 Å². The Morgan fingerprint density at radius 2 is 2.00 bits per heavy atom. The van der Waals surface area contributed by atoms with Crippen molar-refractivity contribution in [1.82, 2.24) is 4.40 Å². The van der Waals surface area contributed by atoms with E-state index >= 15 is 0 Å². The van der Waals surface area contributed by atoms with E-state index in [9.17, 15) is 0 Å². The highest BCUT2D eigenvalue weighted by Gasteiger charge is 2.05. The van der Waals surface area contributed by atoms with E-state index in [0.717, 1.165) is 12.8 Å². The molecule has 68 valence electrons. The summed E-state index contributed by atoms with van der Waals surface area (Å²) in [6.45, 7) is 4.44. The molecule has 1 heteroatoms. The highest BCUT2D eigenvalue weighted by Crippen LogP contribution is 2.19. The second kappa shape index (κ2) is 3.25. The Morgan fingerprint density at radius 3 is 2.69 bits per heavy atom. The fraction of sp³-hybridized carbons (Fsp3) is 0.333. The number of aryl methyl sites for hydroxylation is 2.